The molecule has 0 saturated carbocycles. The van der Waals surface area contributed by atoms with Crippen molar-refractivity contribution in [2.24, 2.45) is 0 Å². The van der Waals surface area contributed by atoms with Crippen LogP contribution >= 0.6 is 0 Å². The second-order valence-electron chi connectivity index (χ2n) is 7.14. The lowest BCUT2D eigenvalue weighted by Gasteiger charge is -2.37. The van der Waals surface area contributed by atoms with Gasteiger partial charge in [0.15, 0.2) is 0 Å². The summed E-state index contributed by atoms with van der Waals surface area (Å²) in [6.45, 7) is 0.401. The van der Waals surface area contributed by atoms with E-state index in [9.17, 15) is 18.0 Å². The van der Waals surface area contributed by atoms with Crippen LogP contribution in [0.1, 0.15) is 34.0 Å². The lowest BCUT2D eigenvalue weighted by atomic mass is 9.88. The van der Waals surface area contributed by atoms with E-state index in [1.54, 1.807) is 11.0 Å². The third kappa shape index (κ3) is 4.21. The minimum atomic E-state index is -4.43. The van der Waals surface area contributed by atoms with Gasteiger partial charge in [-0.1, -0.05) is 36.4 Å². The number of amides is 2. The maximum Gasteiger partial charge on any atom is 0.416 e. The zero-order valence-corrected chi connectivity index (χ0v) is 16.2. The number of hydrogen-bond donors (Lipinski definition) is 1. The fourth-order valence-electron chi connectivity index (χ4n) is 3.73. The SMILES string of the molecule is N#Cc1ccc(NC(=O)N2CCc3ccccc3[C@H]2c2ccc(C(F)(F)F)cc2)cn1. The summed E-state index contributed by atoms with van der Waals surface area (Å²) in [6.07, 6.45) is -2.41. The summed E-state index contributed by atoms with van der Waals surface area (Å²) in [4.78, 5) is 18.6. The van der Waals surface area contributed by atoms with Crippen LogP contribution in [0.3, 0.4) is 0 Å². The molecule has 2 aromatic carbocycles. The largest absolute Gasteiger partial charge is 0.416 e. The summed E-state index contributed by atoms with van der Waals surface area (Å²) < 4.78 is 39.0. The van der Waals surface area contributed by atoms with Gasteiger partial charge in [-0.15, -0.1) is 0 Å². The van der Waals surface area contributed by atoms with Gasteiger partial charge >= 0.3 is 12.2 Å². The third-order valence-corrected chi connectivity index (χ3v) is 5.23. The number of alkyl halides is 3. The van der Waals surface area contributed by atoms with Gasteiger partial charge in [0.05, 0.1) is 23.5 Å². The van der Waals surface area contributed by atoms with Crippen LogP contribution in [0.2, 0.25) is 0 Å². The molecule has 2 amide bonds. The van der Waals surface area contributed by atoms with Crippen LogP contribution in [-0.2, 0) is 12.6 Å². The van der Waals surface area contributed by atoms with E-state index in [0.29, 0.717) is 24.2 Å². The second kappa shape index (κ2) is 8.11. The monoisotopic (exact) mass is 422 g/mol. The highest BCUT2D eigenvalue weighted by atomic mass is 19.4. The highest BCUT2D eigenvalue weighted by Gasteiger charge is 2.34. The molecule has 5 nitrogen and oxygen atoms in total. The van der Waals surface area contributed by atoms with Crippen molar-refractivity contribution in [2.45, 2.75) is 18.6 Å². The molecule has 0 bridgehead atoms. The average Bonchev–Trinajstić information content (AvgIpc) is 2.78. The third-order valence-electron chi connectivity index (χ3n) is 5.23. The Hall–Kier alpha value is -3.86. The molecule has 1 aliphatic heterocycles. The fraction of sp³-hybridized carbons (Fsp3) is 0.174. The number of hydrogen-bond acceptors (Lipinski definition) is 3. The predicted octanol–water partition coefficient (Wildman–Crippen LogP) is 5.15. The normalized spacial score (nSPS) is 15.7. The van der Waals surface area contributed by atoms with Crippen LogP contribution in [-0.4, -0.2) is 22.5 Å². The Morgan fingerprint density at radius 1 is 1.10 bits per heavy atom. The number of benzene rings is 2. The van der Waals surface area contributed by atoms with Gasteiger partial charge in [0.25, 0.3) is 0 Å². The van der Waals surface area contributed by atoms with Crippen molar-refractivity contribution < 1.29 is 18.0 Å². The molecule has 0 saturated heterocycles. The predicted molar refractivity (Wildman–Crippen MR) is 108 cm³/mol. The number of nitrogens with zero attached hydrogens (tertiary/aromatic N) is 3. The van der Waals surface area contributed by atoms with Crippen LogP contribution in [0.25, 0.3) is 0 Å². The van der Waals surface area contributed by atoms with Gasteiger partial charge in [0.2, 0.25) is 0 Å². The van der Waals surface area contributed by atoms with Crippen molar-refractivity contribution in [3.8, 4) is 6.07 Å². The van der Waals surface area contributed by atoms with Gasteiger partial charge in [0.1, 0.15) is 11.8 Å². The first-order valence-corrected chi connectivity index (χ1v) is 9.55. The lowest BCUT2D eigenvalue weighted by molar-refractivity contribution is -0.137. The second-order valence-corrected chi connectivity index (χ2v) is 7.14. The summed E-state index contributed by atoms with van der Waals surface area (Å²) in [6, 6.07) is 16.6. The number of aromatic nitrogens is 1. The Bertz CT molecular complexity index is 1140. The molecule has 1 N–H and O–H groups in total. The first kappa shape index (κ1) is 20.4. The minimum absolute atomic E-state index is 0.229. The van der Waals surface area contributed by atoms with E-state index in [4.69, 9.17) is 5.26 Å². The molecule has 4 rings (SSSR count). The maximum atomic E-state index is 13.1. The van der Waals surface area contributed by atoms with Crippen molar-refractivity contribution in [3.63, 3.8) is 0 Å². The van der Waals surface area contributed by atoms with Crippen LogP contribution in [0, 0.1) is 11.3 Å². The molecule has 0 radical (unpaired) electrons. The number of urea groups is 1. The van der Waals surface area contributed by atoms with Crippen LogP contribution in [0.15, 0.2) is 66.9 Å². The minimum Gasteiger partial charge on any atom is -0.313 e. The van der Waals surface area contributed by atoms with Gasteiger partial charge in [0, 0.05) is 6.54 Å². The van der Waals surface area contributed by atoms with E-state index in [-0.39, 0.29) is 5.69 Å². The van der Waals surface area contributed by atoms with Gasteiger partial charge in [-0.25, -0.2) is 9.78 Å². The van der Waals surface area contributed by atoms with E-state index >= 15 is 0 Å². The molecular formula is C23H17F3N4O. The molecule has 1 aliphatic rings. The zero-order chi connectivity index (χ0) is 22.0. The molecule has 1 atom stereocenters. The molecule has 31 heavy (non-hydrogen) atoms. The quantitative estimate of drug-likeness (QED) is 0.621. The molecular weight excluding hydrogens is 405 g/mol. The fourth-order valence-corrected chi connectivity index (χ4v) is 3.73. The lowest BCUT2D eigenvalue weighted by Crippen LogP contribution is -2.43. The van der Waals surface area contributed by atoms with E-state index in [0.717, 1.165) is 23.3 Å². The number of rotatable bonds is 2. The number of carbonyl (C=O) groups excluding carboxylic acids is 1. The molecule has 0 unspecified atom stereocenters. The Morgan fingerprint density at radius 2 is 1.84 bits per heavy atom. The van der Waals surface area contributed by atoms with E-state index in [2.05, 4.69) is 10.3 Å². The molecule has 156 valence electrons. The Balaban J connectivity index is 1.67. The number of nitrogens with one attached hydrogen (secondary N) is 1. The van der Waals surface area contributed by atoms with Gasteiger partial charge < -0.3 is 10.2 Å². The van der Waals surface area contributed by atoms with E-state index in [1.807, 2.05) is 30.3 Å². The standard InChI is InChI=1S/C23H17F3N4O/c24-23(25,26)17-7-5-16(6-8-17)21-20-4-2-1-3-15(20)11-12-30(21)22(31)29-19-10-9-18(13-27)28-14-19/h1-10,14,21H,11-12H2,(H,29,31)/t21-/m1/s1. The Labute approximate surface area is 176 Å². The summed E-state index contributed by atoms with van der Waals surface area (Å²) in [5.74, 6) is 0. The molecule has 0 spiro atoms. The van der Waals surface area contributed by atoms with Crippen LogP contribution in [0.4, 0.5) is 23.7 Å². The molecule has 0 fully saturated rings. The highest BCUT2D eigenvalue weighted by molar-refractivity contribution is 5.90. The molecule has 3 aromatic rings. The van der Waals surface area contributed by atoms with Crippen molar-refractivity contribution >= 4 is 11.7 Å². The first-order valence-electron chi connectivity index (χ1n) is 9.55. The average molecular weight is 422 g/mol. The number of pyridine rings is 1. The van der Waals surface area contributed by atoms with Crippen LogP contribution in [0.5, 0.6) is 0 Å². The zero-order valence-electron chi connectivity index (χ0n) is 16.2. The summed E-state index contributed by atoms with van der Waals surface area (Å²) in [5.41, 5.74) is 2.44. The van der Waals surface area contributed by atoms with Crippen molar-refractivity contribution in [1.82, 2.24) is 9.88 Å². The summed E-state index contributed by atoms with van der Waals surface area (Å²) in [7, 11) is 0. The highest BCUT2D eigenvalue weighted by Crippen LogP contribution is 2.37. The smallest absolute Gasteiger partial charge is 0.313 e. The number of nitriles is 1. The summed E-state index contributed by atoms with van der Waals surface area (Å²) in [5, 5.41) is 11.6. The molecule has 2 heterocycles. The van der Waals surface area contributed by atoms with E-state index < -0.39 is 23.8 Å². The van der Waals surface area contributed by atoms with Crippen molar-refractivity contribution in [2.75, 3.05) is 11.9 Å². The number of anilines is 1. The molecule has 0 aliphatic carbocycles. The first-order chi connectivity index (χ1) is 14.9. The topological polar surface area (TPSA) is 69.0 Å². The van der Waals surface area contributed by atoms with Gasteiger partial charge in [-0.3, -0.25) is 0 Å². The van der Waals surface area contributed by atoms with Crippen molar-refractivity contribution in [3.05, 3.63) is 94.8 Å². The molecule has 1 aromatic heterocycles. The van der Waals surface area contributed by atoms with Crippen LogP contribution < -0.4 is 5.32 Å². The number of fused-ring (bicyclic) bond motifs is 1. The van der Waals surface area contributed by atoms with E-state index in [1.165, 1.54) is 24.4 Å². The van der Waals surface area contributed by atoms with Gasteiger partial charge in [-0.05, 0) is 47.4 Å². The van der Waals surface area contributed by atoms with Crippen molar-refractivity contribution in [1.29, 1.82) is 5.26 Å². The molecule has 8 heteroatoms. The van der Waals surface area contributed by atoms with Gasteiger partial charge in [-0.2, -0.15) is 18.4 Å². The maximum absolute atomic E-state index is 13.1. The number of carbonyl (C=O) groups is 1. The Kier molecular flexibility index (Phi) is 5.34. The Morgan fingerprint density at radius 3 is 2.48 bits per heavy atom. The summed E-state index contributed by atoms with van der Waals surface area (Å²) >= 11 is 0. The number of halogens is 3.